The fourth-order valence-corrected chi connectivity index (χ4v) is 3.48. The topological polar surface area (TPSA) is 68.7 Å². The number of rotatable bonds is 7. The van der Waals surface area contributed by atoms with E-state index >= 15 is 0 Å². The Kier molecular flexibility index (Phi) is 5.77. The first-order valence-corrected chi connectivity index (χ1v) is 11.9. The standard InChI is InChI=1S/C17H26BrNO4Si/c1-17(2,3)24(4,5)23-10-12-8-11(12)9-22-15-13(18)6-7-14(19-15)16(20)21/h6-7,11-12H,8-10H2,1-5H3,(H,20,21)/t11-,12-/m0/s1. The lowest BCUT2D eigenvalue weighted by molar-refractivity contribution is 0.0689. The number of halogens is 1. The second kappa shape index (κ2) is 7.13. The summed E-state index contributed by atoms with van der Waals surface area (Å²) in [4.78, 5) is 15.0. The van der Waals surface area contributed by atoms with Crippen LogP contribution in [0.3, 0.4) is 0 Å². The molecule has 134 valence electrons. The SMILES string of the molecule is CC(C)(C)[Si](C)(C)OC[C@@H]1C[C@H]1COc1nc(C(=O)O)ccc1Br. The zero-order valence-electron chi connectivity index (χ0n) is 14.9. The minimum atomic E-state index is -1.70. The van der Waals surface area contributed by atoms with E-state index in [4.69, 9.17) is 14.3 Å². The van der Waals surface area contributed by atoms with E-state index in [1.54, 1.807) is 6.07 Å². The number of aromatic carboxylic acids is 1. The molecule has 0 unspecified atom stereocenters. The summed E-state index contributed by atoms with van der Waals surface area (Å²) in [5, 5.41) is 9.22. The summed E-state index contributed by atoms with van der Waals surface area (Å²) in [5.74, 6) is 0.266. The van der Waals surface area contributed by atoms with Crippen LogP contribution in [0.15, 0.2) is 16.6 Å². The van der Waals surface area contributed by atoms with Gasteiger partial charge in [0, 0.05) is 6.61 Å². The molecule has 0 aliphatic heterocycles. The van der Waals surface area contributed by atoms with Gasteiger partial charge in [0.25, 0.3) is 0 Å². The highest BCUT2D eigenvalue weighted by Crippen LogP contribution is 2.42. The van der Waals surface area contributed by atoms with Crippen molar-refractivity contribution in [2.45, 2.75) is 45.3 Å². The average molecular weight is 416 g/mol. The van der Waals surface area contributed by atoms with E-state index in [2.05, 4.69) is 54.8 Å². The van der Waals surface area contributed by atoms with E-state index in [9.17, 15) is 4.79 Å². The first-order chi connectivity index (χ1) is 11.0. The van der Waals surface area contributed by atoms with Crippen molar-refractivity contribution in [3.8, 4) is 5.88 Å². The Labute approximate surface area is 153 Å². The van der Waals surface area contributed by atoms with Crippen LogP contribution < -0.4 is 4.74 Å². The van der Waals surface area contributed by atoms with Gasteiger partial charge in [0.2, 0.25) is 5.88 Å². The third-order valence-corrected chi connectivity index (χ3v) is 10.1. The van der Waals surface area contributed by atoms with Crippen molar-refractivity contribution in [2.75, 3.05) is 13.2 Å². The number of carboxylic acids is 1. The smallest absolute Gasteiger partial charge is 0.354 e. The van der Waals surface area contributed by atoms with Gasteiger partial charge in [0.1, 0.15) is 0 Å². The summed E-state index contributed by atoms with van der Waals surface area (Å²) in [5.41, 5.74) is -0.0122. The summed E-state index contributed by atoms with van der Waals surface area (Å²) < 4.78 is 12.6. The number of nitrogens with zero attached hydrogens (tertiary/aromatic N) is 1. The third kappa shape index (κ3) is 4.80. The summed E-state index contributed by atoms with van der Waals surface area (Å²) in [7, 11) is -1.70. The van der Waals surface area contributed by atoms with Crippen molar-refractivity contribution in [1.29, 1.82) is 0 Å². The Bertz CT molecular complexity index is 615. The summed E-state index contributed by atoms with van der Waals surface area (Å²) in [6.45, 7) is 12.6. The minimum absolute atomic E-state index is 0.0122. The molecule has 1 N–H and O–H groups in total. The quantitative estimate of drug-likeness (QED) is 0.659. The molecule has 2 rings (SSSR count). The number of hydrogen-bond donors (Lipinski definition) is 1. The highest BCUT2D eigenvalue weighted by atomic mass is 79.9. The van der Waals surface area contributed by atoms with E-state index in [1.165, 1.54) is 6.07 Å². The van der Waals surface area contributed by atoms with Crippen LogP contribution in [0.2, 0.25) is 18.1 Å². The molecule has 1 heterocycles. The second-order valence-corrected chi connectivity index (χ2v) is 13.6. The van der Waals surface area contributed by atoms with Gasteiger partial charge < -0.3 is 14.3 Å². The Balaban J connectivity index is 1.82. The Morgan fingerprint density at radius 1 is 1.33 bits per heavy atom. The van der Waals surface area contributed by atoms with Crippen LogP contribution in [0.4, 0.5) is 0 Å². The largest absolute Gasteiger partial charge is 0.477 e. The Morgan fingerprint density at radius 2 is 1.96 bits per heavy atom. The molecular weight excluding hydrogens is 390 g/mol. The molecule has 24 heavy (non-hydrogen) atoms. The molecule has 0 amide bonds. The second-order valence-electron chi connectivity index (χ2n) is 7.93. The van der Waals surface area contributed by atoms with Gasteiger partial charge in [0.05, 0.1) is 11.1 Å². The van der Waals surface area contributed by atoms with Gasteiger partial charge in [-0.25, -0.2) is 9.78 Å². The summed E-state index contributed by atoms with van der Waals surface area (Å²) in [6, 6.07) is 3.10. The number of carboxylic acid groups (broad SMARTS) is 1. The van der Waals surface area contributed by atoms with Crippen LogP contribution in [0, 0.1) is 11.8 Å². The van der Waals surface area contributed by atoms with E-state index in [0.717, 1.165) is 13.0 Å². The molecule has 1 aromatic heterocycles. The van der Waals surface area contributed by atoms with Gasteiger partial charge in [-0.3, -0.25) is 0 Å². The fourth-order valence-electron chi connectivity index (χ4n) is 2.08. The molecule has 1 aliphatic rings. The first kappa shape index (κ1) is 19.4. The van der Waals surface area contributed by atoms with Crippen molar-refractivity contribution in [2.24, 2.45) is 11.8 Å². The number of carbonyl (C=O) groups is 1. The van der Waals surface area contributed by atoms with E-state index < -0.39 is 14.3 Å². The van der Waals surface area contributed by atoms with Crippen molar-refractivity contribution < 1.29 is 19.1 Å². The maximum Gasteiger partial charge on any atom is 0.354 e. The van der Waals surface area contributed by atoms with Gasteiger partial charge in [0.15, 0.2) is 14.0 Å². The Hall–Kier alpha value is -0.923. The highest BCUT2D eigenvalue weighted by molar-refractivity contribution is 9.10. The predicted octanol–water partition coefficient (Wildman–Crippen LogP) is 4.58. The predicted molar refractivity (Wildman–Crippen MR) is 99.1 cm³/mol. The van der Waals surface area contributed by atoms with Gasteiger partial charge in [-0.2, -0.15) is 0 Å². The lowest BCUT2D eigenvalue weighted by atomic mass is 10.2. The lowest BCUT2D eigenvalue weighted by Crippen LogP contribution is -2.41. The van der Waals surface area contributed by atoms with Crippen LogP contribution >= 0.6 is 15.9 Å². The van der Waals surface area contributed by atoms with Crippen LogP contribution in [0.1, 0.15) is 37.7 Å². The van der Waals surface area contributed by atoms with Gasteiger partial charge in [-0.05, 0) is 64.5 Å². The molecule has 0 bridgehead atoms. The number of aromatic nitrogens is 1. The minimum Gasteiger partial charge on any atom is -0.477 e. The first-order valence-electron chi connectivity index (χ1n) is 8.18. The van der Waals surface area contributed by atoms with Crippen molar-refractivity contribution in [3.63, 3.8) is 0 Å². The molecule has 0 aromatic carbocycles. The molecule has 2 atom stereocenters. The van der Waals surface area contributed by atoms with E-state index in [0.29, 0.717) is 28.8 Å². The van der Waals surface area contributed by atoms with E-state index in [-0.39, 0.29) is 10.7 Å². The summed E-state index contributed by atoms with van der Waals surface area (Å²) in [6.07, 6.45) is 1.09. The molecule has 1 aromatic rings. The van der Waals surface area contributed by atoms with Crippen LogP contribution in [0.5, 0.6) is 5.88 Å². The third-order valence-electron chi connectivity index (χ3n) is 5.00. The number of pyridine rings is 1. The van der Waals surface area contributed by atoms with Crippen LogP contribution in [-0.2, 0) is 4.43 Å². The van der Waals surface area contributed by atoms with E-state index in [1.807, 2.05) is 0 Å². The normalized spacial score (nSPS) is 20.8. The van der Waals surface area contributed by atoms with Crippen LogP contribution in [-0.4, -0.2) is 37.6 Å². The zero-order valence-corrected chi connectivity index (χ0v) is 17.5. The molecule has 7 heteroatoms. The molecule has 1 saturated carbocycles. The molecule has 5 nitrogen and oxygen atoms in total. The maximum absolute atomic E-state index is 11.0. The molecule has 0 spiro atoms. The van der Waals surface area contributed by atoms with Gasteiger partial charge in [-0.15, -0.1) is 0 Å². The average Bonchev–Trinajstić information content (AvgIpc) is 3.21. The van der Waals surface area contributed by atoms with Gasteiger partial charge >= 0.3 is 5.97 Å². The zero-order chi connectivity index (χ0) is 18.1. The van der Waals surface area contributed by atoms with Crippen molar-refractivity contribution >= 4 is 30.2 Å². The fraction of sp³-hybridized carbons (Fsp3) is 0.647. The molecule has 1 aliphatic carbocycles. The molecule has 0 radical (unpaired) electrons. The van der Waals surface area contributed by atoms with Crippen LogP contribution in [0.25, 0.3) is 0 Å². The maximum atomic E-state index is 11.0. The van der Waals surface area contributed by atoms with Gasteiger partial charge in [-0.1, -0.05) is 20.8 Å². The van der Waals surface area contributed by atoms with Crippen molar-refractivity contribution in [3.05, 3.63) is 22.3 Å². The lowest BCUT2D eigenvalue weighted by Gasteiger charge is -2.36. The van der Waals surface area contributed by atoms with Crippen molar-refractivity contribution in [1.82, 2.24) is 4.98 Å². The molecule has 1 fully saturated rings. The monoisotopic (exact) mass is 415 g/mol. The number of hydrogen-bond acceptors (Lipinski definition) is 4. The Morgan fingerprint density at radius 3 is 2.54 bits per heavy atom. The molecular formula is C17H26BrNO4Si. The molecule has 0 saturated heterocycles. The summed E-state index contributed by atoms with van der Waals surface area (Å²) >= 11 is 3.34. The highest BCUT2D eigenvalue weighted by Gasteiger charge is 2.42. The number of ether oxygens (including phenoxy) is 1.